The molecule has 2 aromatic heterocycles. The quantitative estimate of drug-likeness (QED) is 0.249. The van der Waals surface area contributed by atoms with Crippen molar-refractivity contribution in [3.8, 4) is 0 Å². The van der Waals surface area contributed by atoms with E-state index in [0.717, 1.165) is 23.3 Å². The van der Waals surface area contributed by atoms with Gasteiger partial charge in [0.2, 0.25) is 6.54 Å². The lowest BCUT2D eigenvalue weighted by Crippen LogP contribution is -3.00. The van der Waals surface area contributed by atoms with E-state index in [2.05, 4.69) is 24.0 Å². The third-order valence-electron chi connectivity index (χ3n) is 4.93. The monoisotopic (exact) mass is 514 g/mol. The lowest BCUT2D eigenvalue weighted by Gasteiger charge is -2.06. The molecule has 0 aliphatic carbocycles. The number of nitrogens with one attached hydrogen (secondary N) is 1. The number of hydrogen-bond acceptors (Lipinski definition) is 6. The Morgan fingerprint density at radius 1 is 1.03 bits per heavy atom. The van der Waals surface area contributed by atoms with Gasteiger partial charge in [-0.25, -0.2) is 9.59 Å². The van der Waals surface area contributed by atoms with Crippen LogP contribution in [0.4, 0.5) is 5.00 Å². The maximum Gasteiger partial charge on any atom is 0.348 e. The van der Waals surface area contributed by atoms with Crippen LogP contribution in [0.25, 0.3) is 0 Å². The molecule has 0 aliphatic heterocycles. The fourth-order valence-corrected chi connectivity index (χ4v) is 4.43. The normalized spacial score (nSPS) is 10.1. The Hall–Kier alpha value is -3.49. The lowest BCUT2D eigenvalue weighted by molar-refractivity contribution is -0.684. The van der Waals surface area contributed by atoms with Crippen LogP contribution in [0, 0.1) is 6.92 Å². The Bertz CT molecular complexity index is 1180. The topological polar surface area (TPSA) is 85.6 Å². The molecule has 3 aromatic rings. The fraction of sp³-hybridized carbons (Fsp3) is 0.231. The van der Waals surface area contributed by atoms with Gasteiger partial charge in [0, 0.05) is 12.1 Å². The van der Waals surface area contributed by atoms with Crippen LogP contribution in [0.2, 0.25) is 0 Å². The van der Waals surface area contributed by atoms with Gasteiger partial charge in [-0.15, -0.1) is 11.3 Å². The van der Waals surface area contributed by atoms with Gasteiger partial charge in [0.15, 0.2) is 12.4 Å². The van der Waals surface area contributed by atoms with Gasteiger partial charge in [0.25, 0.3) is 5.91 Å². The third kappa shape index (κ3) is 7.50. The van der Waals surface area contributed by atoms with E-state index in [1.807, 2.05) is 42.7 Å². The summed E-state index contributed by atoms with van der Waals surface area (Å²) in [6, 6.07) is 14.1. The molecule has 9 heteroatoms. The highest BCUT2D eigenvalue weighted by atomic mass is 35.5. The molecule has 35 heavy (non-hydrogen) atoms. The number of esters is 2. The number of thiophene rings is 1. The van der Waals surface area contributed by atoms with E-state index in [9.17, 15) is 14.4 Å². The molecule has 0 bridgehead atoms. The maximum atomic E-state index is 12.7. The number of hydrogen-bond donors (Lipinski definition) is 1. The van der Waals surface area contributed by atoms with Gasteiger partial charge in [0.1, 0.15) is 16.5 Å². The smallest absolute Gasteiger partial charge is 0.348 e. The molecule has 1 aromatic carbocycles. The van der Waals surface area contributed by atoms with E-state index in [-0.39, 0.29) is 53.5 Å². The van der Waals surface area contributed by atoms with Crippen molar-refractivity contribution in [1.29, 1.82) is 0 Å². The number of aromatic nitrogens is 1. The number of benzene rings is 1. The standard InChI is InChI=1S/C26H26N2O5S.ClH/c1-4-15-33-26(31)23-18(3)22(25(30)32-5-2)24(34-23)27-21(29)17-28-13-11-20(12-14-28)16-19-9-7-6-8-10-19;/h4,6-14H,1,5,15-17H2,2-3H3;1H. The first-order valence-corrected chi connectivity index (χ1v) is 11.6. The molecule has 1 amide bonds. The number of pyridine rings is 1. The second-order valence-electron chi connectivity index (χ2n) is 7.46. The summed E-state index contributed by atoms with van der Waals surface area (Å²) in [6.45, 7) is 7.10. The summed E-state index contributed by atoms with van der Waals surface area (Å²) in [4.78, 5) is 37.9. The van der Waals surface area contributed by atoms with Crippen molar-refractivity contribution >= 4 is 34.2 Å². The largest absolute Gasteiger partial charge is 1.00 e. The van der Waals surface area contributed by atoms with Crippen LogP contribution < -0.4 is 22.3 Å². The Morgan fingerprint density at radius 2 is 1.69 bits per heavy atom. The Labute approximate surface area is 214 Å². The number of carbonyl (C=O) groups is 3. The van der Waals surface area contributed by atoms with Gasteiger partial charge in [-0.05, 0) is 37.0 Å². The van der Waals surface area contributed by atoms with E-state index < -0.39 is 11.9 Å². The second kappa shape index (κ2) is 13.4. The molecular weight excluding hydrogens is 488 g/mol. The van der Waals surface area contributed by atoms with Crippen LogP contribution in [0.15, 0.2) is 67.5 Å². The van der Waals surface area contributed by atoms with Crippen LogP contribution in [0.1, 0.15) is 43.6 Å². The number of ether oxygens (including phenoxy) is 2. The highest BCUT2D eigenvalue weighted by Gasteiger charge is 2.27. The molecule has 184 valence electrons. The highest BCUT2D eigenvalue weighted by molar-refractivity contribution is 7.18. The minimum Gasteiger partial charge on any atom is -1.00 e. The zero-order valence-corrected chi connectivity index (χ0v) is 21.2. The van der Waals surface area contributed by atoms with Crippen LogP contribution in [-0.4, -0.2) is 31.1 Å². The molecule has 0 saturated carbocycles. The zero-order valence-electron chi connectivity index (χ0n) is 19.6. The number of carbonyl (C=O) groups excluding carboxylic acids is 3. The lowest BCUT2D eigenvalue weighted by atomic mass is 10.1. The first kappa shape index (κ1) is 27.8. The van der Waals surface area contributed by atoms with Crippen molar-refractivity contribution in [2.75, 3.05) is 18.5 Å². The number of amides is 1. The molecule has 0 atom stereocenters. The SMILES string of the molecule is C=CCOC(=O)c1sc(NC(=O)C[n+]2ccc(Cc3ccccc3)cc2)c(C(=O)OCC)c1C.[Cl-]. The highest BCUT2D eigenvalue weighted by Crippen LogP contribution is 2.34. The number of nitrogens with zero attached hydrogens (tertiary/aromatic N) is 1. The molecule has 0 spiro atoms. The van der Waals surface area contributed by atoms with E-state index >= 15 is 0 Å². The van der Waals surface area contributed by atoms with Crippen LogP contribution in [0.5, 0.6) is 0 Å². The molecule has 0 aliphatic rings. The Balaban J connectivity index is 0.00000432. The van der Waals surface area contributed by atoms with Gasteiger partial charge < -0.3 is 27.2 Å². The average molecular weight is 515 g/mol. The van der Waals surface area contributed by atoms with Crippen molar-refractivity contribution in [2.45, 2.75) is 26.8 Å². The maximum absolute atomic E-state index is 12.7. The van der Waals surface area contributed by atoms with Crippen molar-refractivity contribution in [3.05, 3.63) is 94.6 Å². The fourth-order valence-electron chi connectivity index (χ4n) is 3.32. The second-order valence-corrected chi connectivity index (χ2v) is 8.48. The number of rotatable bonds is 10. The van der Waals surface area contributed by atoms with Gasteiger partial charge in [-0.2, -0.15) is 4.57 Å². The van der Waals surface area contributed by atoms with E-state index in [4.69, 9.17) is 9.47 Å². The van der Waals surface area contributed by atoms with E-state index in [1.165, 1.54) is 11.6 Å². The molecule has 7 nitrogen and oxygen atoms in total. The van der Waals surface area contributed by atoms with E-state index in [1.54, 1.807) is 18.4 Å². The van der Waals surface area contributed by atoms with Crippen molar-refractivity contribution in [1.82, 2.24) is 0 Å². The zero-order chi connectivity index (χ0) is 24.5. The van der Waals surface area contributed by atoms with Crippen molar-refractivity contribution < 1.29 is 40.8 Å². The first-order valence-electron chi connectivity index (χ1n) is 10.8. The van der Waals surface area contributed by atoms with Gasteiger partial charge in [-0.3, -0.25) is 4.79 Å². The molecule has 0 radical (unpaired) electrons. The van der Waals surface area contributed by atoms with Crippen molar-refractivity contribution in [3.63, 3.8) is 0 Å². The molecule has 1 N–H and O–H groups in total. The van der Waals surface area contributed by atoms with Crippen LogP contribution in [0.3, 0.4) is 0 Å². The van der Waals surface area contributed by atoms with Gasteiger partial charge in [0.05, 0.1) is 12.2 Å². The number of anilines is 1. The molecule has 0 saturated heterocycles. The Kier molecular flexibility index (Phi) is 10.6. The molecule has 0 unspecified atom stereocenters. The predicted octanol–water partition coefficient (Wildman–Crippen LogP) is 1.10. The summed E-state index contributed by atoms with van der Waals surface area (Å²) in [5.41, 5.74) is 2.91. The summed E-state index contributed by atoms with van der Waals surface area (Å²) >= 11 is 0.991. The van der Waals surface area contributed by atoms with Gasteiger partial charge in [-0.1, -0.05) is 43.0 Å². The molecule has 0 fully saturated rings. The van der Waals surface area contributed by atoms with Gasteiger partial charge >= 0.3 is 11.9 Å². The van der Waals surface area contributed by atoms with Crippen LogP contribution in [-0.2, 0) is 27.2 Å². The summed E-state index contributed by atoms with van der Waals surface area (Å²) < 4.78 is 12.0. The average Bonchev–Trinajstić information content (AvgIpc) is 3.15. The summed E-state index contributed by atoms with van der Waals surface area (Å²) in [5, 5.41) is 3.01. The summed E-state index contributed by atoms with van der Waals surface area (Å²) in [7, 11) is 0. The first-order chi connectivity index (χ1) is 16.4. The Morgan fingerprint density at radius 3 is 2.31 bits per heavy atom. The number of halogens is 1. The summed E-state index contributed by atoms with van der Waals surface area (Å²) in [6.07, 6.45) is 5.93. The predicted molar refractivity (Wildman–Crippen MR) is 130 cm³/mol. The molecule has 3 rings (SSSR count). The minimum atomic E-state index is -0.604. The van der Waals surface area contributed by atoms with Crippen LogP contribution >= 0.6 is 11.3 Å². The minimum absolute atomic E-state index is 0. The third-order valence-corrected chi connectivity index (χ3v) is 6.12. The van der Waals surface area contributed by atoms with Crippen molar-refractivity contribution in [2.24, 2.45) is 0 Å². The summed E-state index contributed by atoms with van der Waals surface area (Å²) in [5.74, 6) is -1.53. The van der Waals surface area contributed by atoms with E-state index in [0.29, 0.717) is 5.56 Å². The molecular formula is C26H27ClN2O5S. The molecule has 2 heterocycles.